The van der Waals surface area contributed by atoms with Crippen LogP contribution in [0, 0.1) is 24.2 Å². The Bertz CT molecular complexity index is 882. The molecular weight excluding hydrogens is 434 g/mol. The molecule has 0 radical (unpaired) electrons. The number of ketones is 2. The number of aliphatic hydroxyl groups excluding tert-OH is 2. The minimum atomic E-state index is -1.08. The van der Waals surface area contributed by atoms with Gasteiger partial charge in [-0.2, -0.15) is 0 Å². The van der Waals surface area contributed by atoms with Crippen molar-refractivity contribution >= 4 is 29.0 Å². The highest BCUT2D eigenvalue weighted by atomic mass is 32.1. The molecular formula is C27H41NO4S. The van der Waals surface area contributed by atoms with E-state index in [0.29, 0.717) is 6.42 Å². The van der Waals surface area contributed by atoms with Crippen molar-refractivity contribution in [3.63, 3.8) is 0 Å². The summed E-state index contributed by atoms with van der Waals surface area (Å²) in [6, 6.07) is 0. The number of aromatic nitrogens is 1. The predicted octanol–water partition coefficient (Wildman–Crippen LogP) is 5.68. The van der Waals surface area contributed by atoms with E-state index < -0.39 is 17.6 Å². The summed E-state index contributed by atoms with van der Waals surface area (Å²) in [5.74, 6) is -0.225. The molecule has 5 nitrogen and oxygen atoms in total. The molecule has 1 aliphatic carbocycles. The van der Waals surface area contributed by atoms with E-state index in [2.05, 4.69) is 24.1 Å². The molecule has 0 aromatic carbocycles. The fourth-order valence-electron chi connectivity index (χ4n) is 4.24. The Morgan fingerprint density at radius 1 is 1.18 bits per heavy atom. The van der Waals surface area contributed by atoms with Gasteiger partial charge in [0.2, 0.25) is 0 Å². The monoisotopic (exact) mass is 475 g/mol. The highest BCUT2D eigenvalue weighted by molar-refractivity contribution is 7.09. The first-order valence-corrected chi connectivity index (χ1v) is 12.9. The fraction of sp³-hybridized carbons (Fsp3) is 0.667. The molecule has 0 spiro atoms. The number of Topliss-reactive ketones (excluding diaryl/α,β-unsaturated/α-hetero) is 2. The summed E-state index contributed by atoms with van der Waals surface area (Å²) in [5.41, 5.74) is 2.20. The van der Waals surface area contributed by atoms with Gasteiger partial charge < -0.3 is 10.2 Å². The summed E-state index contributed by atoms with van der Waals surface area (Å²) in [4.78, 5) is 30.4. The normalized spacial score (nSPS) is 30.7. The first kappa shape index (κ1) is 27.6. The van der Waals surface area contributed by atoms with E-state index in [1.807, 2.05) is 26.2 Å². The summed E-state index contributed by atoms with van der Waals surface area (Å²) in [5, 5.41) is 24.3. The molecule has 0 amide bonds. The maximum atomic E-state index is 13.0. The van der Waals surface area contributed by atoms with Gasteiger partial charge in [0.15, 0.2) is 0 Å². The number of aliphatic hydroxyl groups is 2. The van der Waals surface area contributed by atoms with Gasteiger partial charge in [-0.15, -0.1) is 11.3 Å². The molecule has 1 aromatic rings. The number of thiazole rings is 1. The van der Waals surface area contributed by atoms with Gasteiger partial charge in [0, 0.05) is 30.1 Å². The topological polar surface area (TPSA) is 87.5 Å². The van der Waals surface area contributed by atoms with E-state index in [9.17, 15) is 19.8 Å². The fourth-order valence-corrected chi connectivity index (χ4v) is 4.81. The van der Waals surface area contributed by atoms with E-state index in [1.165, 1.54) is 5.57 Å². The lowest BCUT2D eigenvalue weighted by Crippen LogP contribution is -2.41. The van der Waals surface area contributed by atoms with Crippen LogP contribution in [0.25, 0.3) is 6.08 Å². The summed E-state index contributed by atoms with van der Waals surface area (Å²) < 4.78 is 0. The van der Waals surface area contributed by atoms with Crippen molar-refractivity contribution in [3.8, 4) is 0 Å². The van der Waals surface area contributed by atoms with Crippen LogP contribution in [0.2, 0.25) is 0 Å². The van der Waals surface area contributed by atoms with Crippen molar-refractivity contribution in [1.29, 1.82) is 0 Å². The lowest BCUT2D eigenvalue weighted by molar-refractivity contribution is -0.137. The van der Waals surface area contributed by atoms with Crippen LogP contribution in [0.5, 0.6) is 0 Å². The molecule has 0 aliphatic heterocycles. The van der Waals surface area contributed by atoms with Crippen LogP contribution in [-0.2, 0) is 9.59 Å². The average Bonchev–Trinajstić information content (AvgIpc) is 3.14. The van der Waals surface area contributed by atoms with Crippen molar-refractivity contribution in [2.75, 3.05) is 0 Å². The molecule has 1 unspecified atom stereocenters. The Labute approximate surface area is 203 Å². The van der Waals surface area contributed by atoms with Gasteiger partial charge in [-0.25, -0.2) is 4.98 Å². The molecule has 6 heteroatoms. The second-order valence-corrected chi connectivity index (χ2v) is 11.5. The molecule has 2 N–H and O–H groups in total. The molecule has 33 heavy (non-hydrogen) atoms. The van der Waals surface area contributed by atoms with Crippen molar-refractivity contribution in [1.82, 2.24) is 4.98 Å². The van der Waals surface area contributed by atoms with E-state index in [0.717, 1.165) is 42.0 Å². The molecule has 1 aliphatic rings. The number of rotatable bonds is 2. The van der Waals surface area contributed by atoms with Gasteiger partial charge in [0.1, 0.15) is 11.6 Å². The Morgan fingerprint density at radius 3 is 2.52 bits per heavy atom. The first-order chi connectivity index (χ1) is 15.4. The quantitative estimate of drug-likeness (QED) is 0.537. The number of hydrogen-bond donors (Lipinski definition) is 2. The molecule has 2 rings (SSSR count). The Hall–Kier alpha value is -1.63. The minimum Gasteiger partial charge on any atom is -0.392 e. The SMILES string of the molecule is C/C1=C/CC(/C(C)=C/c2csc(C)n2)CC(=O)C[C@H](O)C(C)(C)C(=O)C[C@@H](O)[C@@H](C)CCC1. The predicted molar refractivity (Wildman–Crippen MR) is 135 cm³/mol. The molecule has 4 atom stereocenters. The second kappa shape index (κ2) is 12.2. The van der Waals surface area contributed by atoms with Crippen LogP contribution in [0.4, 0.5) is 0 Å². The largest absolute Gasteiger partial charge is 0.392 e. The Morgan fingerprint density at radius 2 is 1.88 bits per heavy atom. The minimum absolute atomic E-state index is 0.00345. The van der Waals surface area contributed by atoms with Gasteiger partial charge in [-0.05, 0) is 64.4 Å². The molecule has 0 fully saturated rings. The maximum absolute atomic E-state index is 13.0. The van der Waals surface area contributed by atoms with Gasteiger partial charge in [-0.3, -0.25) is 9.59 Å². The zero-order valence-corrected chi connectivity index (χ0v) is 21.9. The van der Waals surface area contributed by atoms with Gasteiger partial charge in [-0.1, -0.05) is 38.0 Å². The number of carbonyl (C=O) groups excluding carboxylic acids is 2. The number of allylic oxidation sites excluding steroid dienone is 3. The van der Waals surface area contributed by atoms with Crippen molar-refractivity contribution in [2.45, 2.75) is 98.7 Å². The number of carbonyl (C=O) groups is 2. The van der Waals surface area contributed by atoms with Crippen molar-refractivity contribution in [2.24, 2.45) is 17.3 Å². The Kier molecular flexibility index (Phi) is 10.2. The average molecular weight is 476 g/mol. The maximum Gasteiger partial charge on any atom is 0.143 e. The van der Waals surface area contributed by atoms with Crippen LogP contribution in [0.15, 0.2) is 22.6 Å². The third-order valence-electron chi connectivity index (χ3n) is 7.14. The smallest absolute Gasteiger partial charge is 0.143 e. The Balaban J connectivity index is 2.29. The van der Waals surface area contributed by atoms with Crippen molar-refractivity contribution in [3.05, 3.63) is 33.3 Å². The lowest BCUT2D eigenvalue weighted by atomic mass is 9.76. The van der Waals surface area contributed by atoms with Gasteiger partial charge >= 0.3 is 0 Å². The second-order valence-electron chi connectivity index (χ2n) is 10.4. The summed E-state index contributed by atoms with van der Waals surface area (Å²) >= 11 is 1.60. The molecule has 0 saturated heterocycles. The van der Waals surface area contributed by atoms with Crippen LogP contribution >= 0.6 is 11.3 Å². The summed E-state index contributed by atoms with van der Waals surface area (Å²) in [6.45, 7) is 11.4. The molecule has 1 heterocycles. The third kappa shape index (κ3) is 8.27. The van der Waals surface area contributed by atoms with Gasteiger partial charge in [0.05, 0.1) is 22.9 Å². The zero-order chi connectivity index (χ0) is 24.8. The van der Waals surface area contributed by atoms with E-state index in [1.54, 1.807) is 25.2 Å². The number of aryl methyl sites for hydroxylation is 1. The summed E-state index contributed by atoms with van der Waals surface area (Å²) in [7, 11) is 0. The zero-order valence-electron chi connectivity index (χ0n) is 21.1. The lowest BCUT2D eigenvalue weighted by Gasteiger charge is -2.31. The standard InChI is InChI=1S/C27H41NO4S/c1-17-8-7-9-18(2)24(30)15-26(32)27(5,6)25(31)14-23(29)13-21(11-10-17)19(3)12-22-16-33-20(4)28-22/h10,12,16,18,21,24-25,30-31H,7-9,11,13-15H2,1-6H3/b17-10-,19-12+/t18-,21?,24+,25-/m0/s1. The first-order valence-electron chi connectivity index (χ1n) is 12.1. The highest BCUT2D eigenvalue weighted by Gasteiger charge is 2.38. The number of nitrogens with zero attached hydrogens (tertiary/aromatic N) is 1. The van der Waals surface area contributed by atoms with E-state index in [4.69, 9.17) is 0 Å². The van der Waals surface area contributed by atoms with Gasteiger partial charge in [0.25, 0.3) is 0 Å². The third-order valence-corrected chi connectivity index (χ3v) is 7.93. The van der Waals surface area contributed by atoms with Crippen LogP contribution in [0.3, 0.4) is 0 Å². The van der Waals surface area contributed by atoms with Crippen molar-refractivity contribution < 1.29 is 19.8 Å². The molecule has 1 aromatic heterocycles. The molecule has 0 saturated carbocycles. The van der Waals surface area contributed by atoms with Crippen LogP contribution < -0.4 is 0 Å². The van der Waals surface area contributed by atoms with E-state index >= 15 is 0 Å². The molecule has 184 valence electrons. The van der Waals surface area contributed by atoms with E-state index in [-0.39, 0.29) is 36.2 Å². The highest BCUT2D eigenvalue weighted by Crippen LogP contribution is 2.31. The van der Waals surface area contributed by atoms with Crippen LogP contribution in [0.1, 0.15) is 90.3 Å². The molecule has 0 bridgehead atoms. The summed E-state index contributed by atoms with van der Waals surface area (Å²) in [6.07, 6.45) is 6.19. The number of hydrogen-bond acceptors (Lipinski definition) is 6. The van der Waals surface area contributed by atoms with Crippen LogP contribution in [-0.4, -0.2) is 39.0 Å².